The second-order valence-electron chi connectivity index (χ2n) is 10.5. The molecule has 1 atom stereocenters. The van der Waals surface area contributed by atoms with Gasteiger partial charge in [-0.15, -0.1) is 5.10 Å². The van der Waals surface area contributed by atoms with Gasteiger partial charge in [0.25, 0.3) is 0 Å². The van der Waals surface area contributed by atoms with Gasteiger partial charge in [0.15, 0.2) is 5.65 Å². The first-order valence-electron chi connectivity index (χ1n) is 14.2. The third-order valence-corrected chi connectivity index (χ3v) is 8.50. The number of nitrogens with one attached hydrogen (secondary N) is 2. The molecule has 0 spiro atoms. The van der Waals surface area contributed by atoms with Crippen molar-refractivity contribution in [2.75, 3.05) is 20.3 Å². The van der Waals surface area contributed by atoms with E-state index in [2.05, 4.69) is 15.7 Å². The average Bonchev–Trinajstić information content (AvgIpc) is 3.59. The number of carbonyl (C=O) groups excluding carboxylic acids is 1. The van der Waals surface area contributed by atoms with E-state index < -0.39 is 0 Å². The van der Waals surface area contributed by atoms with Gasteiger partial charge < -0.3 is 20.5 Å². The molecule has 5 aromatic rings. The van der Waals surface area contributed by atoms with E-state index in [0.717, 1.165) is 39.8 Å². The number of aromatic nitrogens is 4. The van der Waals surface area contributed by atoms with Crippen molar-refractivity contribution in [1.82, 2.24) is 29.8 Å². The maximum atomic E-state index is 12.7. The van der Waals surface area contributed by atoms with Crippen molar-refractivity contribution in [3.8, 4) is 39.4 Å². The summed E-state index contributed by atoms with van der Waals surface area (Å²) in [5.74, 6) is 0.578. The van der Waals surface area contributed by atoms with E-state index in [1.165, 1.54) is 9.08 Å². The molecule has 3 N–H and O–H groups in total. The fourth-order valence-electron chi connectivity index (χ4n) is 5.46. The second kappa shape index (κ2) is 12.8. The van der Waals surface area contributed by atoms with E-state index in [-0.39, 0.29) is 30.8 Å². The summed E-state index contributed by atoms with van der Waals surface area (Å²) in [6, 6.07) is 19.0. The number of methoxy groups -OCH3 is 1. The number of aliphatic hydroxyl groups is 1. The predicted octanol–water partition coefficient (Wildman–Crippen LogP) is 4.57. The molecular weight excluding hydrogens is 603 g/mol. The van der Waals surface area contributed by atoms with E-state index in [4.69, 9.17) is 32.9 Å². The molecule has 12 heteroatoms. The molecule has 226 valence electrons. The molecule has 1 aliphatic rings. The van der Waals surface area contributed by atoms with E-state index >= 15 is 0 Å². The molecule has 0 radical (unpaired) electrons. The van der Waals surface area contributed by atoms with Gasteiger partial charge in [0.05, 0.1) is 36.0 Å². The quantitative estimate of drug-likeness (QED) is 0.206. The Kier molecular flexibility index (Phi) is 8.67. The minimum Gasteiger partial charge on any atom is -0.481 e. The van der Waals surface area contributed by atoms with Crippen molar-refractivity contribution in [3.05, 3.63) is 93.0 Å². The summed E-state index contributed by atoms with van der Waals surface area (Å²) >= 11 is 14.0. The Morgan fingerprint density at radius 3 is 2.43 bits per heavy atom. The van der Waals surface area contributed by atoms with Crippen LogP contribution in [0.3, 0.4) is 0 Å². The molecule has 0 aliphatic carbocycles. The normalized spacial score (nSPS) is 14.7. The number of pyridine rings is 2. The SMILES string of the molecule is COc1nc(-c2cccc(-c3cccc(-c4ccc5nn(CCO)c(=O)n5c4)c3Cl)c2Cl)ccc1CNC[C@@H]1CCC(=O)N1. The maximum Gasteiger partial charge on any atom is 0.350 e. The molecule has 10 nitrogen and oxygen atoms in total. The highest BCUT2D eigenvalue weighted by Gasteiger charge is 2.21. The molecule has 3 aromatic heterocycles. The number of fused-ring (bicyclic) bond motifs is 1. The summed E-state index contributed by atoms with van der Waals surface area (Å²) in [6.45, 7) is 1.14. The molecule has 0 saturated carbocycles. The zero-order chi connectivity index (χ0) is 30.8. The Balaban J connectivity index is 1.29. The molecule has 1 saturated heterocycles. The molecular formula is C32H30Cl2N6O4. The van der Waals surface area contributed by atoms with Crippen molar-refractivity contribution >= 4 is 34.8 Å². The number of halogens is 2. The standard InChI is InChI=1S/C32H30Cl2N6O4/c1-44-31-19(16-35-17-21-10-13-28(42)36-21)8-11-26(37-31)25-7-3-6-24(30(25)34)23-5-2-4-22(29(23)33)20-9-12-27-38-40(14-15-41)32(43)39(27)18-20/h2-9,11-12,18,21,35,41H,10,13-17H2,1H3,(H,36,42)/t21-/m0/s1. The lowest BCUT2D eigenvalue weighted by molar-refractivity contribution is -0.119. The van der Waals surface area contributed by atoms with Crippen molar-refractivity contribution in [2.45, 2.75) is 32.0 Å². The third-order valence-electron chi connectivity index (χ3n) is 7.69. The summed E-state index contributed by atoms with van der Waals surface area (Å²) in [5.41, 5.74) is 5.31. The first kappa shape index (κ1) is 29.8. The summed E-state index contributed by atoms with van der Waals surface area (Å²) < 4.78 is 8.28. The molecule has 0 bridgehead atoms. The predicted molar refractivity (Wildman–Crippen MR) is 170 cm³/mol. The van der Waals surface area contributed by atoms with Crippen molar-refractivity contribution in [3.63, 3.8) is 0 Å². The number of ether oxygens (including phenoxy) is 1. The topological polar surface area (TPSA) is 123 Å². The number of benzene rings is 2. The first-order chi connectivity index (χ1) is 21.4. The number of carbonyl (C=O) groups is 1. The van der Waals surface area contributed by atoms with Crippen LogP contribution in [0.5, 0.6) is 5.88 Å². The van der Waals surface area contributed by atoms with Crippen LogP contribution in [0.1, 0.15) is 18.4 Å². The molecule has 1 aliphatic heterocycles. The molecule has 0 unspecified atom stereocenters. The average molecular weight is 634 g/mol. The van der Waals surface area contributed by atoms with Gasteiger partial charge in [-0.2, -0.15) is 0 Å². The van der Waals surface area contributed by atoms with Crippen LogP contribution in [0.4, 0.5) is 0 Å². The van der Waals surface area contributed by atoms with Gasteiger partial charge in [0.2, 0.25) is 11.8 Å². The Hall–Kier alpha value is -4.22. The van der Waals surface area contributed by atoms with Gasteiger partial charge in [-0.25, -0.2) is 18.9 Å². The van der Waals surface area contributed by atoms with Gasteiger partial charge in [-0.1, -0.05) is 65.7 Å². The summed E-state index contributed by atoms with van der Waals surface area (Å²) in [5, 5.41) is 20.8. The number of amides is 1. The molecule has 6 rings (SSSR count). The van der Waals surface area contributed by atoms with E-state index in [1.54, 1.807) is 19.4 Å². The molecule has 1 fully saturated rings. The monoisotopic (exact) mass is 632 g/mol. The van der Waals surface area contributed by atoms with Gasteiger partial charge in [-0.3, -0.25) is 4.79 Å². The van der Waals surface area contributed by atoms with Crippen LogP contribution in [-0.2, 0) is 17.9 Å². The zero-order valence-electron chi connectivity index (χ0n) is 23.9. The number of hydrogen-bond acceptors (Lipinski definition) is 7. The maximum absolute atomic E-state index is 12.7. The van der Waals surface area contributed by atoms with Crippen LogP contribution in [0.15, 0.2) is 71.7 Å². The lowest BCUT2D eigenvalue weighted by Crippen LogP contribution is -2.35. The summed E-state index contributed by atoms with van der Waals surface area (Å²) in [4.78, 5) is 29.0. The lowest BCUT2D eigenvalue weighted by Gasteiger charge is -2.15. The van der Waals surface area contributed by atoms with Crippen LogP contribution in [0, 0.1) is 0 Å². The molecule has 1 amide bonds. The minimum atomic E-state index is -0.342. The van der Waals surface area contributed by atoms with Crippen molar-refractivity contribution in [2.24, 2.45) is 0 Å². The Morgan fingerprint density at radius 2 is 1.73 bits per heavy atom. The fourth-order valence-corrected chi connectivity index (χ4v) is 6.12. The van der Waals surface area contributed by atoms with Crippen molar-refractivity contribution in [1.29, 1.82) is 0 Å². The highest BCUT2D eigenvalue weighted by molar-refractivity contribution is 6.39. The highest BCUT2D eigenvalue weighted by atomic mass is 35.5. The van der Waals surface area contributed by atoms with Crippen LogP contribution >= 0.6 is 23.2 Å². The third kappa shape index (κ3) is 5.81. The van der Waals surface area contributed by atoms with E-state index in [0.29, 0.717) is 46.8 Å². The van der Waals surface area contributed by atoms with Crippen LogP contribution in [0.25, 0.3) is 39.2 Å². The first-order valence-corrected chi connectivity index (χ1v) is 15.0. The van der Waals surface area contributed by atoms with E-state index in [1.807, 2.05) is 54.6 Å². The summed E-state index contributed by atoms with van der Waals surface area (Å²) in [6.07, 6.45) is 3.09. The smallest absolute Gasteiger partial charge is 0.350 e. The molecule has 44 heavy (non-hydrogen) atoms. The Bertz CT molecular complexity index is 1920. The summed E-state index contributed by atoms with van der Waals surface area (Å²) in [7, 11) is 1.58. The van der Waals surface area contributed by atoms with Gasteiger partial charge in [-0.05, 0) is 24.6 Å². The Morgan fingerprint density at radius 1 is 1.00 bits per heavy atom. The highest BCUT2D eigenvalue weighted by Crippen LogP contribution is 2.42. The van der Waals surface area contributed by atoms with Gasteiger partial charge >= 0.3 is 5.69 Å². The van der Waals surface area contributed by atoms with Crippen molar-refractivity contribution < 1.29 is 14.6 Å². The Labute approximate surface area is 263 Å². The lowest BCUT2D eigenvalue weighted by atomic mass is 9.97. The van der Waals surface area contributed by atoms with E-state index in [9.17, 15) is 14.7 Å². The molecule has 4 heterocycles. The number of rotatable bonds is 10. The molecule has 2 aromatic carbocycles. The van der Waals surface area contributed by atoms with Gasteiger partial charge in [0.1, 0.15) is 0 Å². The number of nitrogens with zero attached hydrogens (tertiary/aromatic N) is 4. The largest absolute Gasteiger partial charge is 0.481 e. The number of hydrogen-bond donors (Lipinski definition) is 3. The zero-order valence-corrected chi connectivity index (χ0v) is 25.4. The minimum absolute atomic E-state index is 0.0916. The van der Waals surface area contributed by atoms with Gasteiger partial charge in [0, 0.05) is 65.1 Å². The number of aliphatic hydroxyl groups excluding tert-OH is 1. The van der Waals surface area contributed by atoms with Crippen LogP contribution < -0.4 is 21.1 Å². The van der Waals surface area contributed by atoms with Crippen LogP contribution in [-0.4, -0.2) is 56.5 Å². The fraction of sp³-hybridized carbons (Fsp3) is 0.250. The van der Waals surface area contributed by atoms with Crippen LogP contribution in [0.2, 0.25) is 10.0 Å². The second-order valence-corrected chi connectivity index (χ2v) is 11.3.